The average molecular weight is 279 g/mol. The third-order valence-electron chi connectivity index (χ3n) is 2.95. The van der Waals surface area contributed by atoms with E-state index < -0.39 is 5.97 Å². The van der Waals surface area contributed by atoms with Gasteiger partial charge in [0.05, 0.1) is 12.0 Å². The molecule has 0 saturated carbocycles. The third kappa shape index (κ3) is 4.53. The van der Waals surface area contributed by atoms with Gasteiger partial charge in [0.2, 0.25) is 0 Å². The van der Waals surface area contributed by atoms with E-state index >= 15 is 0 Å². The van der Waals surface area contributed by atoms with Gasteiger partial charge in [0.15, 0.2) is 0 Å². The number of rotatable bonds is 6. The topological polar surface area (TPSA) is 82.5 Å². The highest BCUT2D eigenvalue weighted by molar-refractivity contribution is 5.93. The van der Waals surface area contributed by atoms with Crippen LogP contribution in [0.4, 0.5) is 5.82 Å². The Balaban J connectivity index is 2.77. The van der Waals surface area contributed by atoms with Gasteiger partial charge in [-0.2, -0.15) is 0 Å². The number of carbonyl (C=O) groups is 2. The summed E-state index contributed by atoms with van der Waals surface area (Å²) in [6.07, 6.45) is 1.51. The van der Waals surface area contributed by atoms with Crippen molar-refractivity contribution in [2.24, 2.45) is 5.92 Å². The number of pyridine rings is 1. The number of nitrogens with zero attached hydrogens (tertiary/aromatic N) is 2. The summed E-state index contributed by atoms with van der Waals surface area (Å²) in [7, 11) is 3.35. The van der Waals surface area contributed by atoms with Crippen LogP contribution in [-0.2, 0) is 4.79 Å². The van der Waals surface area contributed by atoms with Gasteiger partial charge in [-0.25, -0.2) is 4.98 Å². The van der Waals surface area contributed by atoms with Crippen LogP contribution in [0.3, 0.4) is 0 Å². The van der Waals surface area contributed by atoms with Gasteiger partial charge in [-0.15, -0.1) is 0 Å². The van der Waals surface area contributed by atoms with E-state index in [0.29, 0.717) is 11.4 Å². The van der Waals surface area contributed by atoms with Crippen LogP contribution in [0.25, 0.3) is 0 Å². The largest absolute Gasteiger partial charge is 0.481 e. The number of carboxylic acid groups (broad SMARTS) is 1. The Morgan fingerprint density at radius 3 is 2.40 bits per heavy atom. The van der Waals surface area contributed by atoms with Crippen molar-refractivity contribution in [3.05, 3.63) is 23.9 Å². The van der Waals surface area contributed by atoms with Crippen LogP contribution in [0.5, 0.6) is 0 Å². The van der Waals surface area contributed by atoms with Crippen LogP contribution in [0.15, 0.2) is 18.3 Å². The molecule has 1 atom stereocenters. The highest BCUT2D eigenvalue weighted by Crippen LogP contribution is 2.14. The molecule has 0 aliphatic carbocycles. The molecule has 1 aromatic heterocycles. The van der Waals surface area contributed by atoms with Crippen LogP contribution < -0.4 is 5.32 Å². The van der Waals surface area contributed by atoms with E-state index in [0.717, 1.165) is 0 Å². The summed E-state index contributed by atoms with van der Waals surface area (Å²) in [6.45, 7) is 3.90. The number of aromatic nitrogens is 1. The molecule has 0 saturated heterocycles. The van der Waals surface area contributed by atoms with Gasteiger partial charge in [-0.05, 0) is 18.1 Å². The van der Waals surface area contributed by atoms with Crippen molar-refractivity contribution in [2.75, 3.05) is 19.4 Å². The van der Waals surface area contributed by atoms with E-state index in [-0.39, 0.29) is 24.3 Å². The second-order valence-electron chi connectivity index (χ2n) is 5.22. The SMILES string of the molecule is CC(C)C(CC(=O)O)Nc1ccc(C(=O)N(C)C)cn1. The summed E-state index contributed by atoms with van der Waals surface area (Å²) < 4.78 is 0. The molecule has 1 rings (SSSR count). The van der Waals surface area contributed by atoms with Crippen molar-refractivity contribution in [1.29, 1.82) is 0 Å². The van der Waals surface area contributed by atoms with Crippen molar-refractivity contribution in [2.45, 2.75) is 26.3 Å². The zero-order valence-electron chi connectivity index (χ0n) is 12.3. The summed E-state index contributed by atoms with van der Waals surface area (Å²) in [4.78, 5) is 28.2. The van der Waals surface area contributed by atoms with Gasteiger partial charge in [-0.3, -0.25) is 9.59 Å². The Kier molecular flexibility index (Phi) is 5.49. The Bertz CT molecular complexity index is 469. The lowest BCUT2D eigenvalue weighted by molar-refractivity contribution is -0.137. The first-order chi connectivity index (χ1) is 9.31. The number of carboxylic acids is 1. The number of hydrogen-bond acceptors (Lipinski definition) is 4. The smallest absolute Gasteiger partial charge is 0.305 e. The summed E-state index contributed by atoms with van der Waals surface area (Å²) in [5.74, 6) is -0.234. The van der Waals surface area contributed by atoms with Crippen LogP contribution in [0.1, 0.15) is 30.6 Å². The van der Waals surface area contributed by atoms with Crippen LogP contribution in [-0.4, -0.2) is 47.0 Å². The minimum absolute atomic E-state index is 0.0255. The van der Waals surface area contributed by atoms with E-state index in [1.807, 2.05) is 13.8 Å². The fourth-order valence-electron chi connectivity index (χ4n) is 1.70. The molecule has 0 bridgehead atoms. The van der Waals surface area contributed by atoms with E-state index in [1.54, 1.807) is 26.2 Å². The number of anilines is 1. The van der Waals surface area contributed by atoms with Gasteiger partial charge in [0.25, 0.3) is 5.91 Å². The van der Waals surface area contributed by atoms with Gasteiger partial charge in [0.1, 0.15) is 5.82 Å². The minimum Gasteiger partial charge on any atom is -0.481 e. The Labute approximate surface area is 118 Å². The minimum atomic E-state index is -0.851. The molecule has 2 N–H and O–H groups in total. The number of aliphatic carboxylic acids is 1. The Morgan fingerprint density at radius 2 is 2.00 bits per heavy atom. The molecule has 110 valence electrons. The summed E-state index contributed by atoms with van der Waals surface area (Å²) in [5.41, 5.74) is 0.500. The monoisotopic (exact) mass is 279 g/mol. The quantitative estimate of drug-likeness (QED) is 0.828. The number of nitrogens with one attached hydrogen (secondary N) is 1. The molecule has 6 nitrogen and oxygen atoms in total. The van der Waals surface area contributed by atoms with Crippen molar-refractivity contribution in [1.82, 2.24) is 9.88 Å². The highest BCUT2D eigenvalue weighted by atomic mass is 16.4. The molecule has 0 aliphatic rings. The third-order valence-corrected chi connectivity index (χ3v) is 2.95. The van der Waals surface area contributed by atoms with Gasteiger partial charge >= 0.3 is 5.97 Å². The fraction of sp³-hybridized carbons (Fsp3) is 0.500. The lowest BCUT2D eigenvalue weighted by atomic mass is 10.0. The molecule has 1 unspecified atom stereocenters. The fourth-order valence-corrected chi connectivity index (χ4v) is 1.70. The van der Waals surface area contributed by atoms with Crippen molar-refractivity contribution >= 4 is 17.7 Å². The first-order valence-electron chi connectivity index (χ1n) is 6.47. The maximum Gasteiger partial charge on any atom is 0.305 e. The van der Waals surface area contributed by atoms with E-state index in [1.165, 1.54) is 11.1 Å². The highest BCUT2D eigenvalue weighted by Gasteiger charge is 2.17. The molecular weight excluding hydrogens is 258 g/mol. The summed E-state index contributed by atoms with van der Waals surface area (Å²) in [6, 6.07) is 3.17. The molecule has 0 aromatic carbocycles. The van der Waals surface area contributed by atoms with Crippen molar-refractivity contribution < 1.29 is 14.7 Å². The molecule has 0 fully saturated rings. The Morgan fingerprint density at radius 1 is 1.35 bits per heavy atom. The van der Waals surface area contributed by atoms with Gasteiger partial charge < -0.3 is 15.3 Å². The van der Waals surface area contributed by atoms with E-state index in [4.69, 9.17) is 5.11 Å². The van der Waals surface area contributed by atoms with Crippen LogP contribution in [0, 0.1) is 5.92 Å². The van der Waals surface area contributed by atoms with E-state index in [2.05, 4.69) is 10.3 Å². The molecular formula is C14H21N3O3. The average Bonchev–Trinajstić information content (AvgIpc) is 2.37. The number of amides is 1. The second kappa shape index (κ2) is 6.88. The lowest BCUT2D eigenvalue weighted by Crippen LogP contribution is -2.29. The summed E-state index contributed by atoms with van der Waals surface area (Å²) in [5, 5.41) is 12.0. The van der Waals surface area contributed by atoms with Crippen molar-refractivity contribution in [3.8, 4) is 0 Å². The molecule has 0 radical (unpaired) electrons. The van der Waals surface area contributed by atoms with Crippen molar-refractivity contribution in [3.63, 3.8) is 0 Å². The van der Waals surface area contributed by atoms with Gasteiger partial charge in [0, 0.05) is 26.3 Å². The predicted molar refractivity (Wildman–Crippen MR) is 76.8 cm³/mol. The predicted octanol–water partition coefficient (Wildman–Crippen LogP) is 1.69. The second-order valence-corrected chi connectivity index (χ2v) is 5.22. The molecule has 0 spiro atoms. The molecule has 1 amide bonds. The zero-order valence-corrected chi connectivity index (χ0v) is 12.3. The molecule has 20 heavy (non-hydrogen) atoms. The first kappa shape index (κ1) is 15.9. The maximum absolute atomic E-state index is 11.7. The van der Waals surface area contributed by atoms with E-state index in [9.17, 15) is 9.59 Å². The summed E-state index contributed by atoms with van der Waals surface area (Å²) >= 11 is 0. The molecule has 1 aromatic rings. The molecule has 6 heteroatoms. The number of carbonyl (C=O) groups excluding carboxylic acids is 1. The Hall–Kier alpha value is -2.11. The zero-order chi connectivity index (χ0) is 15.3. The molecule has 1 heterocycles. The van der Waals surface area contributed by atoms with Crippen LogP contribution in [0.2, 0.25) is 0 Å². The first-order valence-corrected chi connectivity index (χ1v) is 6.47. The van der Waals surface area contributed by atoms with Crippen LogP contribution >= 0.6 is 0 Å². The number of hydrogen-bond donors (Lipinski definition) is 2. The van der Waals surface area contributed by atoms with Gasteiger partial charge in [-0.1, -0.05) is 13.8 Å². The normalized spacial score (nSPS) is 12.1. The lowest BCUT2D eigenvalue weighted by Gasteiger charge is -2.21. The standard InChI is InChI=1S/C14H21N3O3/c1-9(2)11(7-13(18)19)16-12-6-5-10(8-15-12)14(20)17(3)4/h5-6,8-9,11H,7H2,1-4H3,(H,15,16)(H,18,19). The molecule has 0 aliphatic heterocycles. The maximum atomic E-state index is 11.7.